The number of rotatable bonds is 4. The lowest BCUT2D eigenvalue weighted by atomic mass is 9.89. The van der Waals surface area contributed by atoms with Crippen molar-refractivity contribution < 1.29 is 9.90 Å². The Morgan fingerprint density at radius 3 is 2.00 bits per heavy atom. The van der Waals surface area contributed by atoms with Gasteiger partial charge in [-0.2, -0.15) is 0 Å². The Labute approximate surface area is 68.6 Å². The van der Waals surface area contributed by atoms with Crippen LogP contribution in [0.15, 0.2) is 0 Å². The second-order valence-corrected chi connectivity index (χ2v) is 3.70. The van der Waals surface area contributed by atoms with Gasteiger partial charge in [0, 0.05) is 0 Å². The summed E-state index contributed by atoms with van der Waals surface area (Å²) in [5, 5.41) is 8.61. The average Bonchev–Trinajstić information content (AvgIpc) is 1.87. The molecule has 0 aliphatic heterocycles. The molecule has 2 heteroatoms. The van der Waals surface area contributed by atoms with E-state index in [1.54, 1.807) is 6.92 Å². The van der Waals surface area contributed by atoms with Crippen LogP contribution in [-0.2, 0) is 4.79 Å². The van der Waals surface area contributed by atoms with Crippen molar-refractivity contribution in [1.29, 1.82) is 0 Å². The maximum absolute atomic E-state index is 10.5. The summed E-state index contributed by atoms with van der Waals surface area (Å²) >= 11 is 0. The Balaban J connectivity index is 3.75. The van der Waals surface area contributed by atoms with Gasteiger partial charge in [0.15, 0.2) is 0 Å². The Morgan fingerprint density at radius 1 is 1.27 bits per heavy atom. The standard InChI is InChI=1S/C9H18O2/c1-6(2)7(3)5-8(4)9(10)11/h6-8H,5H2,1-4H3,(H,10,11)/t7-,8+/m1/s1. The summed E-state index contributed by atoms with van der Waals surface area (Å²) in [6, 6.07) is 0. The number of hydrogen-bond donors (Lipinski definition) is 1. The Hall–Kier alpha value is -0.530. The number of carbonyl (C=O) groups is 1. The maximum atomic E-state index is 10.5. The van der Waals surface area contributed by atoms with Crippen molar-refractivity contribution in [2.45, 2.75) is 34.1 Å². The first-order chi connectivity index (χ1) is 4.95. The maximum Gasteiger partial charge on any atom is 0.306 e. The molecule has 11 heavy (non-hydrogen) atoms. The van der Waals surface area contributed by atoms with Crippen molar-refractivity contribution in [1.82, 2.24) is 0 Å². The van der Waals surface area contributed by atoms with Gasteiger partial charge in [0.05, 0.1) is 5.92 Å². The van der Waals surface area contributed by atoms with Crippen LogP contribution in [0.25, 0.3) is 0 Å². The van der Waals surface area contributed by atoms with Crippen molar-refractivity contribution in [2.75, 3.05) is 0 Å². The molecule has 1 N–H and O–H groups in total. The van der Waals surface area contributed by atoms with E-state index in [1.165, 1.54) is 0 Å². The van der Waals surface area contributed by atoms with Crippen LogP contribution in [0.2, 0.25) is 0 Å². The quantitative estimate of drug-likeness (QED) is 0.682. The molecule has 0 unspecified atom stereocenters. The summed E-state index contributed by atoms with van der Waals surface area (Å²) in [4.78, 5) is 10.5. The van der Waals surface area contributed by atoms with E-state index in [-0.39, 0.29) is 5.92 Å². The second kappa shape index (κ2) is 4.37. The van der Waals surface area contributed by atoms with Crippen molar-refractivity contribution in [3.8, 4) is 0 Å². The Kier molecular flexibility index (Phi) is 4.16. The molecule has 0 aliphatic rings. The number of carboxylic acids is 1. The van der Waals surface area contributed by atoms with Gasteiger partial charge in [0.2, 0.25) is 0 Å². The predicted molar refractivity (Wildman–Crippen MR) is 45.4 cm³/mol. The fourth-order valence-corrected chi connectivity index (χ4v) is 0.931. The van der Waals surface area contributed by atoms with Gasteiger partial charge in [-0.25, -0.2) is 0 Å². The van der Waals surface area contributed by atoms with Crippen molar-refractivity contribution in [2.24, 2.45) is 17.8 Å². The van der Waals surface area contributed by atoms with E-state index in [0.717, 1.165) is 6.42 Å². The summed E-state index contributed by atoms with van der Waals surface area (Å²) in [5.74, 6) is 0.197. The minimum atomic E-state index is -0.683. The molecule has 0 heterocycles. The third kappa shape index (κ3) is 4.02. The monoisotopic (exact) mass is 158 g/mol. The SMILES string of the molecule is CC(C)[C@H](C)C[C@H](C)C(=O)O. The Morgan fingerprint density at radius 2 is 1.73 bits per heavy atom. The highest BCUT2D eigenvalue weighted by molar-refractivity contribution is 5.69. The smallest absolute Gasteiger partial charge is 0.306 e. The largest absolute Gasteiger partial charge is 0.481 e. The molecule has 0 amide bonds. The summed E-state index contributed by atoms with van der Waals surface area (Å²) < 4.78 is 0. The lowest BCUT2D eigenvalue weighted by Crippen LogP contribution is -2.15. The summed E-state index contributed by atoms with van der Waals surface area (Å²) in [6.45, 7) is 8.11. The van der Waals surface area contributed by atoms with Crippen LogP contribution in [0, 0.1) is 17.8 Å². The lowest BCUT2D eigenvalue weighted by Gasteiger charge is -2.17. The van der Waals surface area contributed by atoms with Gasteiger partial charge in [-0.15, -0.1) is 0 Å². The summed E-state index contributed by atoms with van der Waals surface area (Å²) in [7, 11) is 0. The average molecular weight is 158 g/mol. The van der Waals surface area contributed by atoms with Crippen molar-refractivity contribution in [3.63, 3.8) is 0 Å². The fraction of sp³-hybridized carbons (Fsp3) is 0.889. The zero-order valence-electron chi connectivity index (χ0n) is 7.79. The number of aliphatic carboxylic acids is 1. The van der Waals surface area contributed by atoms with Crippen LogP contribution in [0.5, 0.6) is 0 Å². The molecule has 0 bridgehead atoms. The van der Waals surface area contributed by atoms with Crippen LogP contribution >= 0.6 is 0 Å². The van der Waals surface area contributed by atoms with Gasteiger partial charge in [-0.05, 0) is 18.3 Å². The number of hydrogen-bond acceptors (Lipinski definition) is 1. The molecule has 66 valence electrons. The summed E-state index contributed by atoms with van der Waals surface area (Å²) in [6.07, 6.45) is 0.785. The van der Waals surface area contributed by atoms with Crippen LogP contribution in [0.3, 0.4) is 0 Å². The van der Waals surface area contributed by atoms with E-state index in [0.29, 0.717) is 11.8 Å². The normalized spacial score (nSPS) is 16.5. The fourth-order valence-electron chi connectivity index (χ4n) is 0.931. The Bertz CT molecular complexity index is 130. The third-order valence-electron chi connectivity index (χ3n) is 2.28. The van der Waals surface area contributed by atoms with Crippen molar-refractivity contribution >= 4 is 5.97 Å². The van der Waals surface area contributed by atoms with Gasteiger partial charge < -0.3 is 5.11 Å². The highest BCUT2D eigenvalue weighted by Gasteiger charge is 2.16. The van der Waals surface area contributed by atoms with E-state index in [1.807, 2.05) is 0 Å². The molecule has 0 saturated heterocycles. The van der Waals surface area contributed by atoms with E-state index in [4.69, 9.17) is 5.11 Å². The molecule has 0 spiro atoms. The minimum absolute atomic E-state index is 0.201. The van der Waals surface area contributed by atoms with Gasteiger partial charge in [0.25, 0.3) is 0 Å². The zero-order valence-corrected chi connectivity index (χ0v) is 7.79. The first kappa shape index (κ1) is 10.5. The highest BCUT2D eigenvalue weighted by atomic mass is 16.4. The first-order valence-corrected chi connectivity index (χ1v) is 4.18. The molecule has 0 aromatic carbocycles. The second-order valence-electron chi connectivity index (χ2n) is 3.70. The van der Waals surface area contributed by atoms with E-state index >= 15 is 0 Å². The van der Waals surface area contributed by atoms with Crippen LogP contribution in [-0.4, -0.2) is 11.1 Å². The minimum Gasteiger partial charge on any atom is -0.481 e. The zero-order chi connectivity index (χ0) is 9.02. The molecular weight excluding hydrogens is 140 g/mol. The van der Waals surface area contributed by atoms with E-state index in [2.05, 4.69) is 20.8 Å². The van der Waals surface area contributed by atoms with Gasteiger partial charge in [-0.3, -0.25) is 4.79 Å². The summed E-state index contributed by atoms with van der Waals surface area (Å²) in [5.41, 5.74) is 0. The van der Waals surface area contributed by atoms with E-state index < -0.39 is 5.97 Å². The molecule has 0 radical (unpaired) electrons. The third-order valence-corrected chi connectivity index (χ3v) is 2.28. The topological polar surface area (TPSA) is 37.3 Å². The molecule has 2 atom stereocenters. The van der Waals surface area contributed by atoms with Gasteiger partial charge in [0.1, 0.15) is 0 Å². The molecule has 0 rings (SSSR count). The first-order valence-electron chi connectivity index (χ1n) is 4.18. The van der Waals surface area contributed by atoms with Crippen LogP contribution < -0.4 is 0 Å². The van der Waals surface area contributed by atoms with Gasteiger partial charge in [-0.1, -0.05) is 27.7 Å². The predicted octanol–water partition coefficient (Wildman–Crippen LogP) is 2.39. The molecule has 0 aromatic heterocycles. The van der Waals surface area contributed by atoms with E-state index in [9.17, 15) is 4.79 Å². The number of carboxylic acid groups (broad SMARTS) is 1. The lowest BCUT2D eigenvalue weighted by molar-refractivity contribution is -0.141. The van der Waals surface area contributed by atoms with Crippen LogP contribution in [0.1, 0.15) is 34.1 Å². The van der Waals surface area contributed by atoms with Crippen LogP contribution in [0.4, 0.5) is 0 Å². The molecular formula is C9H18O2. The molecule has 2 nitrogen and oxygen atoms in total. The van der Waals surface area contributed by atoms with Gasteiger partial charge >= 0.3 is 5.97 Å². The molecule has 0 aliphatic carbocycles. The molecule has 0 saturated carbocycles. The van der Waals surface area contributed by atoms with Crippen molar-refractivity contribution in [3.05, 3.63) is 0 Å². The molecule has 0 fully saturated rings. The molecule has 0 aromatic rings. The highest BCUT2D eigenvalue weighted by Crippen LogP contribution is 2.19.